The standard InChI is InChI=1S/C13H16O2/c1-2-5-11(6-3-1)13(9-10-14-15-13)12-7-4-8-12/h1-3,5-6,12H,4,7-10H2. The first-order chi connectivity index (χ1) is 7.42. The number of hydrogen-bond acceptors (Lipinski definition) is 2. The van der Waals surface area contributed by atoms with Crippen LogP contribution in [0.3, 0.4) is 0 Å². The van der Waals surface area contributed by atoms with Crippen LogP contribution < -0.4 is 0 Å². The lowest BCUT2D eigenvalue weighted by molar-refractivity contribution is -0.331. The van der Waals surface area contributed by atoms with Crippen molar-refractivity contribution in [3.63, 3.8) is 0 Å². The summed E-state index contributed by atoms with van der Waals surface area (Å²) in [7, 11) is 0. The molecule has 0 radical (unpaired) electrons. The molecule has 1 aliphatic heterocycles. The minimum absolute atomic E-state index is 0.139. The van der Waals surface area contributed by atoms with Crippen LogP contribution in [0, 0.1) is 5.92 Å². The molecule has 3 rings (SSSR count). The molecule has 1 aliphatic carbocycles. The van der Waals surface area contributed by atoms with Crippen molar-refractivity contribution in [2.45, 2.75) is 31.3 Å². The Morgan fingerprint density at radius 1 is 1.13 bits per heavy atom. The Hall–Kier alpha value is -0.860. The zero-order valence-corrected chi connectivity index (χ0v) is 8.82. The van der Waals surface area contributed by atoms with Crippen LogP contribution in [0.5, 0.6) is 0 Å². The average Bonchev–Trinajstić information content (AvgIpc) is 2.67. The predicted molar refractivity (Wildman–Crippen MR) is 57.1 cm³/mol. The second kappa shape index (κ2) is 3.62. The van der Waals surface area contributed by atoms with E-state index < -0.39 is 0 Å². The Morgan fingerprint density at radius 3 is 2.47 bits per heavy atom. The minimum atomic E-state index is -0.139. The van der Waals surface area contributed by atoms with E-state index in [4.69, 9.17) is 9.78 Å². The van der Waals surface area contributed by atoms with Crippen molar-refractivity contribution < 1.29 is 9.78 Å². The van der Waals surface area contributed by atoms with Crippen molar-refractivity contribution in [2.75, 3.05) is 6.61 Å². The third kappa shape index (κ3) is 1.40. The van der Waals surface area contributed by atoms with E-state index in [2.05, 4.69) is 24.3 Å². The molecule has 2 nitrogen and oxygen atoms in total. The summed E-state index contributed by atoms with van der Waals surface area (Å²) in [6.45, 7) is 0.728. The van der Waals surface area contributed by atoms with E-state index in [0.717, 1.165) is 13.0 Å². The highest BCUT2D eigenvalue weighted by molar-refractivity contribution is 5.24. The maximum Gasteiger partial charge on any atom is 0.134 e. The summed E-state index contributed by atoms with van der Waals surface area (Å²) in [6.07, 6.45) is 4.89. The molecule has 0 amide bonds. The summed E-state index contributed by atoms with van der Waals surface area (Å²) in [5.74, 6) is 0.655. The summed E-state index contributed by atoms with van der Waals surface area (Å²) in [5.41, 5.74) is 1.15. The van der Waals surface area contributed by atoms with Gasteiger partial charge in [0.25, 0.3) is 0 Å². The monoisotopic (exact) mass is 204 g/mol. The quantitative estimate of drug-likeness (QED) is 0.689. The van der Waals surface area contributed by atoms with Crippen LogP contribution in [0.1, 0.15) is 31.2 Å². The summed E-state index contributed by atoms with van der Waals surface area (Å²) in [5, 5.41) is 0. The molecular formula is C13H16O2. The predicted octanol–water partition coefficient (Wildman–Crippen LogP) is 3.03. The van der Waals surface area contributed by atoms with E-state index in [1.807, 2.05) is 6.07 Å². The fourth-order valence-electron chi connectivity index (χ4n) is 2.68. The third-order valence-corrected chi connectivity index (χ3v) is 3.79. The second-order valence-corrected chi connectivity index (χ2v) is 4.54. The Balaban J connectivity index is 1.96. The zero-order chi connectivity index (χ0) is 10.1. The molecule has 2 heteroatoms. The van der Waals surface area contributed by atoms with Gasteiger partial charge in [0.1, 0.15) is 5.60 Å². The van der Waals surface area contributed by atoms with Crippen molar-refractivity contribution in [1.82, 2.24) is 0 Å². The van der Waals surface area contributed by atoms with E-state index in [1.165, 1.54) is 24.8 Å². The van der Waals surface area contributed by atoms with E-state index in [9.17, 15) is 0 Å². The summed E-state index contributed by atoms with van der Waals surface area (Å²) in [6, 6.07) is 10.5. The summed E-state index contributed by atoms with van der Waals surface area (Å²) < 4.78 is 0. The Morgan fingerprint density at radius 2 is 1.93 bits per heavy atom. The lowest BCUT2D eigenvalue weighted by Crippen LogP contribution is -2.38. The molecule has 0 bridgehead atoms. The first kappa shape index (κ1) is 9.37. The van der Waals surface area contributed by atoms with Crippen molar-refractivity contribution in [3.05, 3.63) is 35.9 Å². The van der Waals surface area contributed by atoms with Crippen LogP contribution in [0.4, 0.5) is 0 Å². The highest BCUT2D eigenvalue weighted by Gasteiger charge is 2.48. The molecule has 1 aromatic carbocycles. The molecule has 1 saturated carbocycles. The van der Waals surface area contributed by atoms with Gasteiger partial charge in [0.05, 0.1) is 6.61 Å². The maximum absolute atomic E-state index is 5.63. The molecule has 1 saturated heterocycles. The van der Waals surface area contributed by atoms with E-state index in [-0.39, 0.29) is 5.60 Å². The molecule has 80 valence electrons. The van der Waals surface area contributed by atoms with Gasteiger partial charge in [-0.1, -0.05) is 36.8 Å². The lowest BCUT2D eigenvalue weighted by atomic mass is 9.68. The molecule has 1 heterocycles. The van der Waals surface area contributed by atoms with Crippen molar-refractivity contribution in [3.8, 4) is 0 Å². The first-order valence-corrected chi connectivity index (χ1v) is 5.78. The van der Waals surface area contributed by atoms with Gasteiger partial charge in [0.2, 0.25) is 0 Å². The first-order valence-electron chi connectivity index (χ1n) is 5.78. The highest BCUT2D eigenvalue weighted by atomic mass is 17.2. The number of hydrogen-bond donors (Lipinski definition) is 0. The lowest BCUT2D eigenvalue weighted by Gasteiger charge is -2.40. The molecule has 0 spiro atoms. The number of rotatable bonds is 2. The van der Waals surface area contributed by atoms with E-state index in [0.29, 0.717) is 5.92 Å². The Kier molecular flexibility index (Phi) is 2.26. The van der Waals surface area contributed by atoms with Gasteiger partial charge in [0.15, 0.2) is 0 Å². The Bertz CT molecular complexity index is 324. The molecule has 0 N–H and O–H groups in total. The molecule has 1 aromatic rings. The molecule has 15 heavy (non-hydrogen) atoms. The minimum Gasteiger partial charge on any atom is -0.236 e. The summed E-state index contributed by atoms with van der Waals surface area (Å²) >= 11 is 0. The van der Waals surface area contributed by atoms with Crippen LogP contribution in [-0.2, 0) is 15.4 Å². The SMILES string of the molecule is c1ccc(C2(C3CCC3)CCOO2)cc1. The average molecular weight is 204 g/mol. The topological polar surface area (TPSA) is 18.5 Å². The fraction of sp³-hybridized carbons (Fsp3) is 0.538. The van der Waals surface area contributed by atoms with Crippen LogP contribution in [0.15, 0.2) is 30.3 Å². The van der Waals surface area contributed by atoms with Crippen molar-refractivity contribution >= 4 is 0 Å². The van der Waals surface area contributed by atoms with Gasteiger partial charge in [-0.25, -0.2) is 9.78 Å². The van der Waals surface area contributed by atoms with Gasteiger partial charge in [-0.3, -0.25) is 0 Å². The second-order valence-electron chi connectivity index (χ2n) is 4.54. The van der Waals surface area contributed by atoms with Crippen molar-refractivity contribution in [2.24, 2.45) is 5.92 Å². The fourth-order valence-corrected chi connectivity index (χ4v) is 2.68. The summed E-state index contributed by atoms with van der Waals surface area (Å²) in [4.78, 5) is 10.8. The van der Waals surface area contributed by atoms with E-state index >= 15 is 0 Å². The van der Waals surface area contributed by atoms with E-state index in [1.54, 1.807) is 0 Å². The smallest absolute Gasteiger partial charge is 0.134 e. The molecule has 2 fully saturated rings. The zero-order valence-electron chi connectivity index (χ0n) is 8.82. The molecule has 2 aliphatic rings. The van der Waals surface area contributed by atoms with Gasteiger partial charge in [0, 0.05) is 6.42 Å². The molecule has 0 aromatic heterocycles. The third-order valence-electron chi connectivity index (χ3n) is 3.79. The molecular weight excluding hydrogens is 188 g/mol. The molecule has 1 unspecified atom stereocenters. The van der Waals surface area contributed by atoms with Gasteiger partial charge < -0.3 is 0 Å². The number of benzene rings is 1. The van der Waals surface area contributed by atoms with Crippen LogP contribution in [0.2, 0.25) is 0 Å². The normalized spacial score (nSPS) is 31.5. The van der Waals surface area contributed by atoms with Gasteiger partial charge in [-0.05, 0) is 24.3 Å². The Labute approximate surface area is 90.1 Å². The van der Waals surface area contributed by atoms with Crippen LogP contribution in [-0.4, -0.2) is 6.61 Å². The van der Waals surface area contributed by atoms with Gasteiger partial charge >= 0.3 is 0 Å². The molecule has 1 atom stereocenters. The van der Waals surface area contributed by atoms with Crippen molar-refractivity contribution in [1.29, 1.82) is 0 Å². The maximum atomic E-state index is 5.63. The largest absolute Gasteiger partial charge is 0.236 e. The van der Waals surface area contributed by atoms with Crippen LogP contribution in [0.25, 0.3) is 0 Å². The highest BCUT2D eigenvalue weighted by Crippen LogP contribution is 2.49. The van der Waals surface area contributed by atoms with Crippen LogP contribution >= 0.6 is 0 Å². The van der Waals surface area contributed by atoms with Gasteiger partial charge in [-0.15, -0.1) is 0 Å². The van der Waals surface area contributed by atoms with Gasteiger partial charge in [-0.2, -0.15) is 0 Å².